The fourth-order valence-electron chi connectivity index (χ4n) is 1.48. The molecule has 0 aliphatic heterocycles. The molecule has 2 heteroatoms. The Morgan fingerprint density at radius 1 is 0.765 bits per heavy atom. The summed E-state index contributed by atoms with van der Waals surface area (Å²) in [4.78, 5) is 0. The number of hydrogen-bond acceptors (Lipinski definition) is 0. The van der Waals surface area contributed by atoms with E-state index in [1.54, 1.807) is 0 Å². The topological polar surface area (TPSA) is 0 Å². The Balaban J connectivity index is 1.72. The zero-order valence-electron chi connectivity index (χ0n) is 9.64. The fourth-order valence-corrected chi connectivity index (χ4v) is 3.43. The molecule has 0 bridgehead atoms. The van der Waals surface area contributed by atoms with Gasteiger partial charge < -0.3 is 0 Å². The number of rotatable bonds is 5. The molecule has 0 amide bonds. The van der Waals surface area contributed by atoms with Crippen molar-refractivity contribution in [2.45, 2.75) is 0 Å². The van der Waals surface area contributed by atoms with Gasteiger partial charge in [0, 0.05) is 0 Å². The first-order valence-electron chi connectivity index (χ1n) is 5.71. The van der Waals surface area contributed by atoms with Crippen LogP contribution in [-0.4, -0.2) is 6.16 Å². The lowest BCUT2D eigenvalue weighted by Gasteiger charge is -1.97. The van der Waals surface area contributed by atoms with Crippen molar-refractivity contribution >= 4 is 27.8 Å². The molecule has 86 valence electrons. The fraction of sp³-hybridized carbons (Fsp3) is 0.0667. The Kier molecular flexibility index (Phi) is 5.43. The van der Waals surface area contributed by atoms with Crippen LogP contribution in [-0.2, 0) is 0 Å². The van der Waals surface area contributed by atoms with Crippen molar-refractivity contribution in [3.63, 3.8) is 0 Å². The molecule has 0 aliphatic carbocycles. The first-order chi connectivity index (χ1) is 8.45. The van der Waals surface area contributed by atoms with Gasteiger partial charge in [0.2, 0.25) is 0 Å². The highest BCUT2D eigenvalue weighted by molar-refractivity contribution is 7.50. The molecule has 0 radical (unpaired) electrons. The third-order valence-corrected chi connectivity index (χ3v) is 4.59. The lowest BCUT2D eigenvalue weighted by molar-refractivity contribution is 1.74. The van der Waals surface area contributed by atoms with Crippen molar-refractivity contribution in [1.82, 2.24) is 0 Å². The molecule has 2 aromatic carbocycles. The van der Waals surface area contributed by atoms with E-state index in [2.05, 4.69) is 72.6 Å². The molecule has 0 aromatic heterocycles. The molecule has 0 aliphatic rings. The average molecular weight is 258 g/mol. The number of allylic oxidation sites excluding steroid dienone is 1. The van der Waals surface area contributed by atoms with Crippen LogP contribution in [0.2, 0.25) is 0 Å². The van der Waals surface area contributed by atoms with E-state index in [0.29, 0.717) is 0 Å². The smallest absolute Gasteiger partial charge is 0.0128 e. The van der Waals surface area contributed by atoms with Crippen LogP contribution in [0.15, 0.2) is 72.6 Å². The van der Waals surface area contributed by atoms with Crippen molar-refractivity contribution in [3.05, 3.63) is 72.6 Å². The predicted molar refractivity (Wildman–Crippen MR) is 82.8 cm³/mol. The first-order valence-corrected chi connectivity index (χ1v) is 7.99. The van der Waals surface area contributed by atoms with Crippen LogP contribution in [0.4, 0.5) is 0 Å². The Morgan fingerprint density at radius 2 is 1.35 bits per heavy atom. The molecule has 0 saturated carbocycles. The third-order valence-electron chi connectivity index (χ3n) is 2.34. The van der Waals surface area contributed by atoms with Crippen molar-refractivity contribution in [1.29, 1.82) is 0 Å². The highest BCUT2D eigenvalue weighted by Crippen LogP contribution is 2.14. The van der Waals surface area contributed by atoms with Crippen molar-refractivity contribution in [2.75, 3.05) is 6.16 Å². The molecule has 0 saturated heterocycles. The summed E-state index contributed by atoms with van der Waals surface area (Å²) in [6.45, 7) is 0. The maximum atomic E-state index is 2.30. The van der Waals surface area contributed by atoms with Gasteiger partial charge in [0.15, 0.2) is 0 Å². The van der Waals surface area contributed by atoms with Gasteiger partial charge in [-0.1, -0.05) is 89.7 Å². The molecule has 2 atom stereocenters. The van der Waals surface area contributed by atoms with Gasteiger partial charge in [-0.15, -0.1) is 0 Å². The molecule has 2 aromatic rings. The van der Waals surface area contributed by atoms with E-state index < -0.39 is 0 Å². The summed E-state index contributed by atoms with van der Waals surface area (Å²) in [5.74, 6) is 2.30. The minimum Gasteiger partial charge on any atom is -0.0865 e. The van der Waals surface area contributed by atoms with Crippen LogP contribution in [0.1, 0.15) is 0 Å². The number of benzene rings is 2. The van der Waals surface area contributed by atoms with Crippen LogP contribution < -0.4 is 10.6 Å². The quantitative estimate of drug-likeness (QED) is 0.720. The van der Waals surface area contributed by atoms with Gasteiger partial charge in [-0.3, -0.25) is 0 Å². The summed E-state index contributed by atoms with van der Waals surface area (Å²) < 4.78 is 0. The second kappa shape index (κ2) is 7.38. The van der Waals surface area contributed by atoms with E-state index in [4.69, 9.17) is 0 Å². The zero-order chi connectivity index (χ0) is 11.8. The second-order valence-electron chi connectivity index (χ2n) is 3.66. The van der Waals surface area contributed by atoms with E-state index in [1.807, 2.05) is 0 Å². The number of hydrogen-bond donors (Lipinski definition) is 0. The van der Waals surface area contributed by atoms with E-state index in [1.165, 1.54) is 10.6 Å². The van der Waals surface area contributed by atoms with Crippen LogP contribution in [0.5, 0.6) is 0 Å². The largest absolute Gasteiger partial charge is 0.0865 e. The molecule has 0 N–H and O–H groups in total. The Morgan fingerprint density at radius 3 is 2.00 bits per heavy atom. The summed E-state index contributed by atoms with van der Waals surface area (Å²) >= 11 is 0. The molecule has 2 rings (SSSR count). The van der Waals surface area contributed by atoms with Crippen LogP contribution in [0.3, 0.4) is 0 Å². The third kappa shape index (κ3) is 4.82. The first kappa shape index (κ1) is 12.5. The van der Waals surface area contributed by atoms with Crippen molar-refractivity contribution < 1.29 is 0 Å². The summed E-state index contributed by atoms with van der Waals surface area (Å²) in [7, 11) is 1.69. The van der Waals surface area contributed by atoms with Gasteiger partial charge in [-0.25, -0.2) is 0 Å². The minimum absolute atomic E-state index is 0.796. The maximum Gasteiger partial charge on any atom is -0.0128 e. The monoisotopic (exact) mass is 258 g/mol. The van der Waals surface area contributed by atoms with E-state index >= 15 is 0 Å². The highest BCUT2D eigenvalue weighted by atomic mass is 31.1. The molecule has 2 unspecified atom stereocenters. The van der Waals surface area contributed by atoms with E-state index in [-0.39, 0.29) is 0 Å². The molecular formula is C15H16P2. The van der Waals surface area contributed by atoms with Gasteiger partial charge in [0.25, 0.3) is 0 Å². The SMILES string of the molecule is C(=C/Pc1ccccc1)/CPc1ccccc1. The molecule has 0 heterocycles. The van der Waals surface area contributed by atoms with Crippen LogP contribution in [0, 0.1) is 0 Å². The maximum absolute atomic E-state index is 2.30. The van der Waals surface area contributed by atoms with E-state index in [9.17, 15) is 0 Å². The summed E-state index contributed by atoms with van der Waals surface area (Å²) in [5.41, 5.74) is 0. The lowest BCUT2D eigenvalue weighted by Crippen LogP contribution is -1.91. The lowest BCUT2D eigenvalue weighted by atomic mass is 10.4. The Bertz CT molecular complexity index is 449. The van der Waals surface area contributed by atoms with Gasteiger partial charge in [0.05, 0.1) is 0 Å². The van der Waals surface area contributed by atoms with Crippen LogP contribution >= 0.6 is 17.2 Å². The van der Waals surface area contributed by atoms with Gasteiger partial charge in [0.1, 0.15) is 0 Å². The summed E-state index contributed by atoms with van der Waals surface area (Å²) in [5, 5.41) is 2.85. The van der Waals surface area contributed by atoms with Gasteiger partial charge in [-0.2, -0.15) is 0 Å². The molecule has 0 spiro atoms. The highest BCUT2D eigenvalue weighted by Gasteiger charge is 1.88. The Labute approximate surface area is 107 Å². The molecular weight excluding hydrogens is 242 g/mol. The minimum atomic E-state index is 0.796. The average Bonchev–Trinajstić information content (AvgIpc) is 2.41. The predicted octanol–water partition coefficient (Wildman–Crippen LogP) is 3.51. The molecule has 17 heavy (non-hydrogen) atoms. The Hall–Kier alpha value is -0.960. The van der Waals surface area contributed by atoms with E-state index in [0.717, 1.165) is 23.3 Å². The van der Waals surface area contributed by atoms with Crippen molar-refractivity contribution in [2.24, 2.45) is 0 Å². The second-order valence-corrected chi connectivity index (χ2v) is 6.20. The zero-order valence-corrected chi connectivity index (χ0v) is 11.6. The van der Waals surface area contributed by atoms with Crippen molar-refractivity contribution in [3.8, 4) is 0 Å². The van der Waals surface area contributed by atoms with Gasteiger partial charge >= 0.3 is 0 Å². The van der Waals surface area contributed by atoms with Gasteiger partial charge in [-0.05, 0) is 16.8 Å². The summed E-state index contributed by atoms with van der Waals surface area (Å²) in [6.07, 6.45) is 3.46. The molecule has 0 fully saturated rings. The summed E-state index contributed by atoms with van der Waals surface area (Å²) in [6, 6.07) is 21.3. The van der Waals surface area contributed by atoms with Crippen LogP contribution in [0.25, 0.3) is 0 Å². The molecule has 0 nitrogen and oxygen atoms in total. The standard InChI is InChI=1S/C15H16P2/c1-3-8-14(9-4-1)16-12-7-13-17-15-10-5-2-6-11-15/h1-12,16-17H,13H2/b12-7-. The normalized spacial score (nSPS) is 12.2.